The third-order valence-electron chi connectivity index (χ3n) is 3.38. The van der Waals surface area contributed by atoms with Crippen molar-refractivity contribution in [1.82, 2.24) is 4.31 Å². The normalized spacial score (nSPS) is 17.0. The molecule has 0 aliphatic carbocycles. The maximum atomic E-state index is 12.5. The Morgan fingerprint density at radius 2 is 1.90 bits per heavy atom. The van der Waals surface area contributed by atoms with Crippen molar-refractivity contribution in [3.8, 4) is 0 Å². The Hall–Kier alpha value is -0.820. The predicted molar refractivity (Wildman–Crippen MR) is 75.8 cm³/mol. The number of carboxylic acids is 1. The van der Waals surface area contributed by atoms with Gasteiger partial charge in [0.15, 0.2) is 0 Å². The van der Waals surface area contributed by atoms with E-state index in [1.54, 1.807) is 19.9 Å². The summed E-state index contributed by atoms with van der Waals surface area (Å²) in [6, 6.07) is 1.61. The summed E-state index contributed by atoms with van der Waals surface area (Å²) in [5.74, 6) is -1.66. The highest BCUT2D eigenvalue weighted by Gasteiger charge is 2.42. The van der Waals surface area contributed by atoms with Crippen LogP contribution < -0.4 is 0 Å². The molecule has 1 N–H and O–H groups in total. The van der Waals surface area contributed by atoms with Gasteiger partial charge in [-0.3, -0.25) is 4.79 Å². The van der Waals surface area contributed by atoms with Crippen molar-refractivity contribution in [2.45, 2.75) is 18.7 Å². The Kier molecular flexibility index (Phi) is 4.03. The second-order valence-electron chi connectivity index (χ2n) is 4.80. The molecule has 0 amide bonds. The molecule has 20 heavy (non-hydrogen) atoms. The van der Waals surface area contributed by atoms with Gasteiger partial charge in [-0.2, -0.15) is 4.31 Å². The lowest BCUT2D eigenvalue weighted by atomic mass is 10.0. The van der Waals surface area contributed by atoms with Crippen LogP contribution >= 0.6 is 23.2 Å². The first-order valence-electron chi connectivity index (χ1n) is 5.84. The molecule has 1 aliphatic heterocycles. The maximum absolute atomic E-state index is 12.5. The van der Waals surface area contributed by atoms with Crippen molar-refractivity contribution in [2.75, 3.05) is 13.1 Å². The molecule has 0 unspecified atom stereocenters. The number of rotatable bonds is 3. The fraction of sp³-hybridized carbons (Fsp3) is 0.417. The Bertz CT molecular complexity index is 655. The predicted octanol–water partition coefficient (Wildman–Crippen LogP) is 2.32. The topological polar surface area (TPSA) is 74.7 Å². The van der Waals surface area contributed by atoms with Crippen LogP contribution in [-0.4, -0.2) is 36.9 Å². The van der Waals surface area contributed by atoms with E-state index in [0.29, 0.717) is 16.1 Å². The van der Waals surface area contributed by atoms with Crippen molar-refractivity contribution in [1.29, 1.82) is 0 Å². The third kappa shape index (κ3) is 2.41. The first-order chi connectivity index (χ1) is 9.16. The van der Waals surface area contributed by atoms with Crippen molar-refractivity contribution >= 4 is 39.2 Å². The minimum atomic E-state index is -3.82. The first-order valence-corrected chi connectivity index (χ1v) is 8.04. The van der Waals surface area contributed by atoms with Crippen molar-refractivity contribution in [2.24, 2.45) is 5.92 Å². The monoisotopic (exact) mass is 337 g/mol. The van der Waals surface area contributed by atoms with Crippen molar-refractivity contribution in [3.63, 3.8) is 0 Å². The fourth-order valence-corrected chi connectivity index (χ4v) is 4.74. The van der Waals surface area contributed by atoms with Gasteiger partial charge in [0.1, 0.15) is 4.90 Å². The molecule has 0 bridgehead atoms. The number of aryl methyl sites for hydroxylation is 1. The quantitative estimate of drug-likeness (QED) is 0.918. The maximum Gasteiger partial charge on any atom is 0.309 e. The molecular formula is C12H13Cl2NO4S. The second-order valence-corrected chi connectivity index (χ2v) is 7.46. The summed E-state index contributed by atoms with van der Waals surface area (Å²) in [6.07, 6.45) is 0. The average molecular weight is 338 g/mol. The summed E-state index contributed by atoms with van der Waals surface area (Å²) in [4.78, 5) is 10.7. The summed E-state index contributed by atoms with van der Waals surface area (Å²) < 4.78 is 26.1. The van der Waals surface area contributed by atoms with Gasteiger partial charge in [-0.15, -0.1) is 0 Å². The standard InChI is InChI=1S/C12H13Cl2NO4S/c1-6-3-9(13)7(2)11(10(6)14)20(18,19)15-4-8(5-15)12(16)17/h3,8H,4-5H2,1-2H3,(H,16,17). The van der Waals surface area contributed by atoms with E-state index in [0.717, 1.165) is 4.31 Å². The Balaban J connectivity index is 2.44. The van der Waals surface area contributed by atoms with Gasteiger partial charge in [-0.25, -0.2) is 8.42 Å². The summed E-state index contributed by atoms with van der Waals surface area (Å²) in [7, 11) is -3.82. The zero-order valence-corrected chi connectivity index (χ0v) is 13.2. The number of hydrogen-bond acceptors (Lipinski definition) is 3. The second kappa shape index (κ2) is 5.18. The van der Waals surface area contributed by atoms with E-state index in [-0.39, 0.29) is 23.0 Å². The summed E-state index contributed by atoms with van der Waals surface area (Å²) in [5, 5.41) is 9.27. The average Bonchev–Trinajstić information content (AvgIpc) is 2.23. The summed E-state index contributed by atoms with van der Waals surface area (Å²) in [5.41, 5.74) is 0.942. The summed E-state index contributed by atoms with van der Waals surface area (Å²) >= 11 is 12.1. The number of aliphatic carboxylic acids is 1. The van der Waals surface area contributed by atoms with Gasteiger partial charge >= 0.3 is 5.97 Å². The summed E-state index contributed by atoms with van der Waals surface area (Å²) in [6.45, 7) is 3.16. The molecule has 5 nitrogen and oxygen atoms in total. The molecule has 0 atom stereocenters. The fourth-order valence-electron chi connectivity index (χ4n) is 2.04. The molecule has 1 aliphatic rings. The molecule has 2 rings (SSSR count). The zero-order chi connectivity index (χ0) is 15.2. The lowest BCUT2D eigenvalue weighted by Gasteiger charge is -2.36. The van der Waals surface area contributed by atoms with E-state index in [4.69, 9.17) is 28.3 Å². The highest BCUT2D eigenvalue weighted by molar-refractivity contribution is 7.89. The van der Waals surface area contributed by atoms with Crippen LogP contribution in [0.15, 0.2) is 11.0 Å². The molecule has 0 saturated carbocycles. The minimum Gasteiger partial charge on any atom is -0.481 e. The number of sulfonamides is 1. The van der Waals surface area contributed by atoms with E-state index >= 15 is 0 Å². The number of hydrogen-bond donors (Lipinski definition) is 1. The van der Waals surface area contributed by atoms with Gasteiger partial charge in [-0.1, -0.05) is 23.2 Å². The molecule has 0 aromatic heterocycles. The van der Waals surface area contributed by atoms with Gasteiger partial charge in [0.2, 0.25) is 10.0 Å². The lowest BCUT2D eigenvalue weighted by Crippen LogP contribution is -2.53. The highest BCUT2D eigenvalue weighted by Crippen LogP contribution is 2.37. The number of benzene rings is 1. The molecular weight excluding hydrogens is 325 g/mol. The van der Waals surface area contributed by atoms with Crippen LogP contribution in [0.25, 0.3) is 0 Å². The van der Waals surface area contributed by atoms with E-state index < -0.39 is 21.9 Å². The minimum absolute atomic E-state index is 0.0343. The van der Waals surface area contributed by atoms with Gasteiger partial charge in [-0.05, 0) is 31.0 Å². The van der Waals surface area contributed by atoms with Gasteiger partial charge in [0.05, 0.1) is 10.9 Å². The molecule has 1 heterocycles. The molecule has 1 aromatic rings. The van der Waals surface area contributed by atoms with E-state index in [1.165, 1.54) is 0 Å². The first kappa shape index (κ1) is 15.6. The molecule has 1 aromatic carbocycles. The number of halogens is 2. The molecule has 1 saturated heterocycles. The smallest absolute Gasteiger partial charge is 0.309 e. The number of nitrogens with zero attached hydrogens (tertiary/aromatic N) is 1. The Morgan fingerprint density at radius 3 is 2.40 bits per heavy atom. The van der Waals surface area contributed by atoms with E-state index in [2.05, 4.69) is 0 Å². The van der Waals surface area contributed by atoms with E-state index in [1.807, 2.05) is 0 Å². The SMILES string of the molecule is Cc1cc(Cl)c(C)c(S(=O)(=O)N2CC(C(=O)O)C2)c1Cl. The molecule has 110 valence electrons. The van der Waals surface area contributed by atoms with Crippen molar-refractivity contribution < 1.29 is 18.3 Å². The largest absolute Gasteiger partial charge is 0.481 e. The third-order valence-corrected chi connectivity index (χ3v) is 6.38. The number of carbonyl (C=O) groups is 1. The Morgan fingerprint density at radius 1 is 1.35 bits per heavy atom. The van der Waals surface area contributed by atoms with Crippen LogP contribution in [0.1, 0.15) is 11.1 Å². The van der Waals surface area contributed by atoms with Gasteiger partial charge < -0.3 is 5.11 Å². The Labute approximate surface area is 127 Å². The van der Waals surface area contributed by atoms with E-state index in [9.17, 15) is 13.2 Å². The zero-order valence-electron chi connectivity index (χ0n) is 10.9. The van der Waals surface area contributed by atoms with Crippen LogP contribution in [0.5, 0.6) is 0 Å². The van der Waals surface area contributed by atoms with Gasteiger partial charge in [0, 0.05) is 18.1 Å². The number of carboxylic acid groups (broad SMARTS) is 1. The molecule has 1 fully saturated rings. The van der Waals surface area contributed by atoms with Crippen LogP contribution in [-0.2, 0) is 14.8 Å². The van der Waals surface area contributed by atoms with Crippen LogP contribution in [0.3, 0.4) is 0 Å². The van der Waals surface area contributed by atoms with Crippen molar-refractivity contribution in [3.05, 3.63) is 27.2 Å². The molecule has 8 heteroatoms. The van der Waals surface area contributed by atoms with Crippen LogP contribution in [0.4, 0.5) is 0 Å². The van der Waals surface area contributed by atoms with Crippen LogP contribution in [0, 0.1) is 19.8 Å². The van der Waals surface area contributed by atoms with Gasteiger partial charge in [0.25, 0.3) is 0 Å². The highest BCUT2D eigenvalue weighted by atomic mass is 35.5. The molecule has 0 spiro atoms. The van der Waals surface area contributed by atoms with Crippen LogP contribution in [0.2, 0.25) is 10.0 Å². The lowest BCUT2D eigenvalue weighted by molar-refractivity contribution is -0.145. The molecule has 0 radical (unpaired) electrons.